The molecule has 0 aliphatic heterocycles. The van der Waals surface area contributed by atoms with Gasteiger partial charge in [-0.3, -0.25) is 0 Å². The van der Waals surface area contributed by atoms with Crippen LogP contribution >= 0.6 is 0 Å². The van der Waals surface area contributed by atoms with Gasteiger partial charge >= 0.3 is 0 Å². The molecule has 0 bridgehead atoms. The van der Waals surface area contributed by atoms with Crippen molar-refractivity contribution in [2.24, 2.45) is 0 Å². The van der Waals surface area contributed by atoms with Crippen LogP contribution < -0.4 is 5.32 Å². The van der Waals surface area contributed by atoms with Crippen molar-refractivity contribution in [2.45, 2.75) is 24.3 Å². The summed E-state index contributed by atoms with van der Waals surface area (Å²) in [5.41, 5.74) is 4.75. The Bertz CT molecular complexity index is 1090. The predicted octanol–water partition coefficient (Wildman–Crippen LogP) is 3.35. The molecule has 1 aromatic heterocycles. The Morgan fingerprint density at radius 2 is 1.92 bits per heavy atom. The van der Waals surface area contributed by atoms with Crippen LogP contribution in [0.5, 0.6) is 0 Å². The molecule has 4 nitrogen and oxygen atoms in total. The fourth-order valence-corrected chi connectivity index (χ4v) is 5.09. The zero-order valence-electron chi connectivity index (χ0n) is 14.4. The molecular formula is C20H19FN2O2S. The van der Waals surface area contributed by atoms with Gasteiger partial charge in [0.2, 0.25) is 0 Å². The number of aryl methyl sites for hydroxylation is 1. The zero-order chi connectivity index (χ0) is 18.3. The number of benzene rings is 2. The minimum absolute atomic E-state index is 0.0469. The highest BCUT2D eigenvalue weighted by Crippen LogP contribution is 2.38. The van der Waals surface area contributed by atoms with Crippen molar-refractivity contribution >= 4 is 10.0 Å². The van der Waals surface area contributed by atoms with Crippen molar-refractivity contribution in [2.75, 3.05) is 7.05 Å². The Hall–Kier alpha value is -2.44. The third kappa shape index (κ3) is 2.66. The number of rotatable bonds is 4. The van der Waals surface area contributed by atoms with Crippen molar-refractivity contribution in [3.05, 3.63) is 77.2 Å². The first-order valence-electron chi connectivity index (χ1n) is 8.49. The summed E-state index contributed by atoms with van der Waals surface area (Å²) in [6.07, 6.45) is 3.34. The van der Waals surface area contributed by atoms with E-state index in [1.807, 2.05) is 31.3 Å². The molecule has 134 valence electrons. The summed E-state index contributed by atoms with van der Waals surface area (Å²) in [7, 11) is -2.06. The van der Waals surface area contributed by atoms with Gasteiger partial charge in [-0.05, 0) is 54.8 Å². The van der Waals surface area contributed by atoms with Gasteiger partial charge in [0.25, 0.3) is 10.0 Å². The van der Waals surface area contributed by atoms with Crippen LogP contribution in [0.3, 0.4) is 0 Å². The molecule has 0 saturated heterocycles. The Labute approximate surface area is 152 Å². The Morgan fingerprint density at radius 3 is 2.69 bits per heavy atom. The summed E-state index contributed by atoms with van der Waals surface area (Å²) >= 11 is 0. The molecule has 0 amide bonds. The molecule has 1 N–H and O–H groups in total. The second-order valence-electron chi connectivity index (χ2n) is 6.43. The van der Waals surface area contributed by atoms with E-state index in [2.05, 4.69) is 5.32 Å². The molecule has 1 heterocycles. The van der Waals surface area contributed by atoms with E-state index in [0.717, 1.165) is 41.2 Å². The molecule has 0 saturated carbocycles. The normalized spacial score (nSPS) is 13.3. The smallest absolute Gasteiger partial charge is 0.268 e. The molecule has 2 aromatic carbocycles. The molecule has 6 heteroatoms. The lowest BCUT2D eigenvalue weighted by atomic mass is 9.89. The Morgan fingerprint density at radius 1 is 1.12 bits per heavy atom. The summed E-state index contributed by atoms with van der Waals surface area (Å²) < 4.78 is 41.5. The van der Waals surface area contributed by atoms with Crippen LogP contribution in [0.2, 0.25) is 0 Å². The average molecular weight is 370 g/mol. The maximum absolute atomic E-state index is 13.6. The van der Waals surface area contributed by atoms with Crippen LogP contribution in [0, 0.1) is 5.82 Å². The van der Waals surface area contributed by atoms with Gasteiger partial charge in [0.1, 0.15) is 5.82 Å². The molecule has 0 atom stereocenters. The lowest BCUT2D eigenvalue weighted by Gasteiger charge is -2.20. The SMILES string of the molecule is CNCc1cn(S(=O)(=O)c2cccc(F)c2)c2c1CCc1ccccc1-2. The van der Waals surface area contributed by atoms with Crippen molar-refractivity contribution in [1.29, 1.82) is 0 Å². The highest BCUT2D eigenvalue weighted by Gasteiger charge is 2.29. The summed E-state index contributed by atoms with van der Waals surface area (Å²) in [6, 6.07) is 13.0. The van der Waals surface area contributed by atoms with Crippen LogP contribution in [-0.4, -0.2) is 19.4 Å². The summed E-state index contributed by atoms with van der Waals surface area (Å²) in [5, 5.41) is 3.10. The number of aromatic nitrogens is 1. The van der Waals surface area contributed by atoms with E-state index in [9.17, 15) is 12.8 Å². The van der Waals surface area contributed by atoms with E-state index in [1.54, 1.807) is 6.20 Å². The second-order valence-corrected chi connectivity index (χ2v) is 8.24. The third-order valence-electron chi connectivity index (χ3n) is 4.80. The van der Waals surface area contributed by atoms with Crippen LogP contribution in [0.1, 0.15) is 16.7 Å². The van der Waals surface area contributed by atoms with Crippen LogP contribution in [0.4, 0.5) is 4.39 Å². The van der Waals surface area contributed by atoms with Crippen molar-refractivity contribution in [3.63, 3.8) is 0 Å². The first-order chi connectivity index (χ1) is 12.5. The first kappa shape index (κ1) is 17.0. The largest absolute Gasteiger partial charge is 0.316 e. The second kappa shape index (κ2) is 6.37. The number of hydrogen-bond donors (Lipinski definition) is 1. The number of fused-ring (bicyclic) bond motifs is 3. The molecule has 1 aliphatic rings. The van der Waals surface area contributed by atoms with Crippen LogP contribution in [-0.2, 0) is 29.4 Å². The lowest BCUT2D eigenvalue weighted by molar-refractivity contribution is 0.583. The van der Waals surface area contributed by atoms with Gasteiger partial charge in [-0.15, -0.1) is 0 Å². The Kier molecular flexibility index (Phi) is 4.17. The van der Waals surface area contributed by atoms with Gasteiger partial charge in [0.15, 0.2) is 0 Å². The molecule has 0 radical (unpaired) electrons. The minimum Gasteiger partial charge on any atom is -0.316 e. The topological polar surface area (TPSA) is 51.1 Å². The van der Waals surface area contributed by atoms with Gasteiger partial charge in [-0.25, -0.2) is 16.8 Å². The zero-order valence-corrected chi connectivity index (χ0v) is 15.2. The van der Waals surface area contributed by atoms with Gasteiger partial charge < -0.3 is 5.32 Å². The highest BCUT2D eigenvalue weighted by atomic mass is 32.2. The molecule has 0 fully saturated rings. The average Bonchev–Trinajstić information content (AvgIpc) is 3.02. The minimum atomic E-state index is -3.89. The molecule has 26 heavy (non-hydrogen) atoms. The molecule has 0 spiro atoms. The van der Waals surface area contributed by atoms with Gasteiger partial charge in [-0.2, -0.15) is 0 Å². The van der Waals surface area contributed by atoms with Crippen LogP contribution in [0.25, 0.3) is 11.3 Å². The quantitative estimate of drug-likeness (QED) is 0.766. The van der Waals surface area contributed by atoms with E-state index in [0.29, 0.717) is 12.2 Å². The van der Waals surface area contributed by atoms with Crippen molar-refractivity contribution in [1.82, 2.24) is 9.29 Å². The monoisotopic (exact) mass is 370 g/mol. The number of hydrogen-bond acceptors (Lipinski definition) is 3. The summed E-state index contributed by atoms with van der Waals surface area (Å²) in [6.45, 7) is 0.580. The van der Waals surface area contributed by atoms with E-state index in [-0.39, 0.29) is 4.90 Å². The predicted molar refractivity (Wildman–Crippen MR) is 99.0 cm³/mol. The standard InChI is InChI=1S/C20H19FN2O2S/c1-22-12-15-13-23(26(24,25)17-7-4-6-16(21)11-17)20-18-8-3-2-5-14(18)9-10-19(15)20/h2-8,11,13,22H,9-10,12H2,1H3. The van der Waals surface area contributed by atoms with Gasteiger partial charge in [0, 0.05) is 18.3 Å². The maximum atomic E-state index is 13.6. The van der Waals surface area contributed by atoms with Crippen molar-refractivity contribution in [3.8, 4) is 11.3 Å². The summed E-state index contributed by atoms with van der Waals surface area (Å²) in [4.78, 5) is -0.0469. The fourth-order valence-electron chi connectivity index (χ4n) is 3.63. The van der Waals surface area contributed by atoms with E-state index in [1.165, 1.54) is 22.2 Å². The Balaban J connectivity index is 1.99. The molecule has 0 unspecified atom stereocenters. The molecular weight excluding hydrogens is 351 g/mol. The summed E-state index contributed by atoms with van der Waals surface area (Å²) in [5.74, 6) is -0.567. The molecule has 3 aromatic rings. The van der Waals surface area contributed by atoms with E-state index < -0.39 is 15.8 Å². The van der Waals surface area contributed by atoms with Crippen LogP contribution in [0.15, 0.2) is 59.6 Å². The van der Waals surface area contributed by atoms with Gasteiger partial charge in [0.05, 0.1) is 10.6 Å². The first-order valence-corrected chi connectivity index (χ1v) is 9.93. The van der Waals surface area contributed by atoms with Gasteiger partial charge in [-0.1, -0.05) is 30.3 Å². The molecule has 1 aliphatic carbocycles. The number of nitrogens with one attached hydrogen (secondary N) is 1. The molecule has 4 rings (SSSR count). The lowest BCUT2D eigenvalue weighted by Crippen LogP contribution is -2.16. The highest BCUT2D eigenvalue weighted by molar-refractivity contribution is 7.90. The van der Waals surface area contributed by atoms with E-state index in [4.69, 9.17) is 0 Å². The third-order valence-corrected chi connectivity index (χ3v) is 6.46. The number of halogens is 1. The van der Waals surface area contributed by atoms with E-state index >= 15 is 0 Å². The van der Waals surface area contributed by atoms with Crippen molar-refractivity contribution < 1.29 is 12.8 Å². The maximum Gasteiger partial charge on any atom is 0.268 e. The number of nitrogens with zero attached hydrogens (tertiary/aromatic N) is 1. The fraction of sp³-hybridized carbons (Fsp3) is 0.200.